The number of hydrogen-bond donors (Lipinski definition) is 0. The smallest absolute Gasteiger partial charge is 0.0155 e. The van der Waals surface area contributed by atoms with Crippen LogP contribution in [0.15, 0.2) is 42.5 Å². The number of aryl methyl sites for hydroxylation is 2. The van der Waals surface area contributed by atoms with Crippen LogP contribution in [-0.2, 0) is 0 Å². The molecule has 0 saturated heterocycles. The highest BCUT2D eigenvalue weighted by Gasteiger charge is 1.99. The molecule has 2 aromatic rings. The third-order valence-corrected chi connectivity index (χ3v) is 2.41. The van der Waals surface area contributed by atoms with Crippen LogP contribution in [0.25, 0.3) is 11.1 Å². The van der Waals surface area contributed by atoms with Gasteiger partial charge in [-0.15, -0.1) is 0 Å². The highest BCUT2D eigenvalue weighted by atomic mass is 14.0. The van der Waals surface area contributed by atoms with Gasteiger partial charge in [-0.25, -0.2) is 0 Å². The lowest BCUT2D eigenvalue weighted by Gasteiger charge is -2.06. The Morgan fingerprint density at radius 2 is 1.64 bits per heavy atom. The van der Waals surface area contributed by atoms with E-state index in [4.69, 9.17) is 0 Å². The molecule has 0 bridgehead atoms. The van der Waals surface area contributed by atoms with Gasteiger partial charge in [0.15, 0.2) is 0 Å². The Morgan fingerprint density at radius 1 is 0.929 bits per heavy atom. The molecule has 0 unspecified atom stereocenters. The van der Waals surface area contributed by atoms with Gasteiger partial charge in [-0.2, -0.15) is 0 Å². The molecule has 0 amide bonds. The van der Waals surface area contributed by atoms with E-state index in [1.54, 1.807) is 0 Å². The Hall–Kier alpha value is -1.56. The summed E-state index contributed by atoms with van der Waals surface area (Å²) >= 11 is 0. The Kier molecular flexibility index (Phi) is 2.36. The molecule has 2 rings (SSSR count). The summed E-state index contributed by atoms with van der Waals surface area (Å²) < 4.78 is 0. The summed E-state index contributed by atoms with van der Waals surface area (Å²) in [5.41, 5.74) is 5.22. The molecule has 0 aromatic heterocycles. The zero-order valence-electron chi connectivity index (χ0n) is 8.54. The molecule has 1 radical (unpaired) electrons. The van der Waals surface area contributed by atoms with Crippen molar-refractivity contribution in [2.75, 3.05) is 0 Å². The Morgan fingerprint density at radius 3 is 2.29 bits per heavy atom. The molecule has 0 saturated carbocycles. The van der Waals surface area contributed by atoms with Gasteiger partial charge in [0.1, 0.15) is 0 Å². The summed E-state index contributed by atoms with van der Waals surface area (Å²) in [7, 11) is 0. The van der Waals surface area contributed by atoms with E-state index in [2.05, 4.69) is 50.2 Å². The van der Waals surface area contributed by atoms with Crippen LogP contribution in [0.5, 0.6) is 0 Å². The van der Waals surface area contributed by atoms with Crippen molar-refractivity contribution in [3.8, 4) is 11.1 Å². The van der Waals surface area contributed by atoms with Crippen LogP contribution in [0.3, 0.4) is 0 Å². The maximum Gasteiger partial charge on any atom is -0.0155 e. The zero-order chi connectivity index (χ0) is 9.97. The average molecular weight is 181 g/mol. The first-order valence-electron chi connectivity index (χ1n) is 4.81. The van der Waals surface area contributed by atoms with E-state index in [-0.39, 0.29) is 0 Å². The standard InChI is InChI=1S/C14H13/c1-11-8-9-14(12(2)10-11)13-6-4-3-5-7-13/h4-10H,1-2H3. The fourth-order valence-electron chi connectivity index (χ4n) is 1.70. The fourth-order valence-corrected chi connectivity index (χ4v) is 1.70. The normalized spacial score (nSPS) is 10.1. The molecular formula is C14H13. The molecular weight excluding hydrogens is 168 g/mol. The molecule has 0 heterocycles. The predicted octanol–water partition coefficient (Wildman–Crippen LogP) is 3.77. The fraction of sp³-hybridized carbons (Fsp3) is 0.143. The minimum Gasteiger partial charge on any atom is -0.0587 e. The van der Waals surface area contributed by atoms with Gasteiger partial charge >= 0.3 is 0 Å². The molecule has 2 aromatic carbocycles. The van der Waals surface area contributed by atoms with Crippen molar-refractivity contribution in [3.63, 3.8) is 0 Å². The van der Waals surface area contributed by atoms with Crippen molar-refractivity contribution >= 4 is 0 Å². The summed E-state index contributed by atoms with van der Waals surface area (Å²) in [4.78, 5) is 0. The van der Waals surface area contributed by atoms with Crippen LogP contribution in [0.2, 0.25) is 0 Å². The summed E-state index contributed by atoms with van der Waals surface area (Å²) in [6, 6.07) is 17.7. The van der Waals surface area contributed by atoms with Gasteiger partial charge in [0.05, 0.1) is 0 Å². The molecule has 0 nitrogen and oxygen atoms in total. The topological polar surface area (TPSA) is 0 Å². The van der Waals surface area contributed by atoms with Crippen LogP contribution in [-0.4, -0.2) is 0 Å². The second-order valence-corrected chi connectivity index (χ2v) is 3.61. The van der Waals surface area contributed by atoms with Gasteiger partial charge < -0.3 is 0 Å². The lowest BCUT2D eigenvalue weighted by molar-refractivity contribution is 1.38. The van der Waals surface area contributed by atoms with E-state index in [0.29, 0.717) is 0 Å². The number of benzene rings is 2. The second kappa shape index (κ2) is 3.67. The summed E-state index contributed by atoms with van der Waals surface area (Å²) in [6.07, 6.45) is 0. The van der Waals surface area contributed by atoms with Gasteiger partial charge in [0, 0.05) is 0 Å². The van der Waals surface area contributed by atoms with Gasteiger partial charge in [0.25, 0.3) is 0 Å². The lowest BCUT2D eigenvalue weighted by Crippen LogP contribution is -1.83. The van der Waals surface area contributed by atoms with Crippen molar-refractivity contribution in [1.82, 2.24) is 0 Å². The van der Waals surface area contributed by atoms with Crippen molar-refractivity contribution in [1.29, 1.82) is 0 Å². The monoisotopic (exact) mass is 181 g/mol. The van der Waals surface area contributed by atoms with Gasteiger partial charge in [0.2, 0.25) is 0 Å². The van der Waals surface area contributed by atoms with Crippen molar-refractivity contribution in [3.05, 3.63) is 59.7 Å². The SMILES string of the molecule is Cc1ccc(-c2cc[c]cc2)c(C)c1. The van der Waals surface area contributed by atoms with E-state index in [1.165, 1.54) is 22.3 Å². The van der Waals surface area contributed by atoms with Gasteiger partial charge in [-0.3, -0.25) is 0 Å². The first-order chi connectivity index (χ1) is 6.77. The molecule has 0 atom stereocenters. The molecule has 0 spiro atoms. The van der Waals surface area contributed by atoms with Crippen molar-refractivity contribution in [2.24, 2.45) is 0 Å². The molecule has 0 fully saturated rings. The third-order valence-electron chi connectivity index (χ3n) is 2.41. The minimum absolute atomic E-state index is 1.27. The van der Waals surface area contributed by atoms with Gasteiger partial charge in [-0.05, 0) is 36.6 Å². The summed E-state index contributed by atoms with van der Waals surface area (Å²) in [5.74, 6) is 0. The molecule has 0 N–H and O–H groups in total. The lowest BCUT2D eigenvalue weighted by atomic mass is 9.99. The van der Waals surface area contributed by atoms with E-state index in [0.717, 1.165) is 0 Å². The molecule has 0 aliphatic rings. The molecule has 0 aliphatic heterocycles. The maximum atomic E-state index is 3.03. The van der Waals surface area contributed by atoms with E-state index in [1.807, 2.05) is 12.1 Å². The van der Waals surface area contributed by atoms with E-state index in [9.17, 15) is 0 Å². The minimum atomic E-state index is 1.27. The average Bonchev–Trinajstić information content (AvgIpc) is 2.19. The largest absolute Gasteiger partial charge is 0.0587 e. The van der Waals surface area contributed by atoms with E-state index >= 15 is 0 Å². The maximum absolute atomic E-state index is 3.03. The Labute approximate surface area is 85.2 Å². The van der Waals surface area contributed by atoms with Crippen molar-refractivity contribution < 1.29 is 0 Å². The summed E-state index contributed by atoms with van der Waals surface area (Å²) in [6.45, 7) is 4.27. The zero-order valence-corrected chi connectivity index (χ0v) is 8.54. The molecule has 0 heteroatoms. The molecule has 69 valence electrons. The van der Waals surface area contributed by atoms with Crippen LogP contribution in [0.4, 0.5) is 0 Å². The Bertz CT molecular complexity index is 427. The number of hydrogen-bond acceptors (Lipinski definition) is 0. The van der Waals surface area contributed by atoms with Crippen LogP contribution < -0.4 is 0 Å². The second-order valence-electron chi connectivity index (χ2n) is 3.61. The first kappa shape index (κ1) is 9.01. The quantitative estimate of drug-likeness (QED) is 0.628. The first-order valence-corrected chi connectivity index (χ1v) is 4.81. The van der Waals surface area contributed by atoms with Gasteiger partial charge in [-0.1, -0.05) is 48.0 Å². The van der Waals surface area contributed by atoms with Crippen LogP contribution >= 0.6 is 0 Å². The third kappa shape index (κ3) is 1.69. The molecule has 0 aliphatic carbocycles. The summed E-state index contributed by atoms with van der Waals surface area (Å²) in [5, 5.41) is 0. The molecule has 14 heavy (non-hydrogen) atoms. The van der Waals surface area contributed by atoms with Crippen LogP contribution in [0.1, 0.15) is 11.1 Å². The van der Waals surface area contributed by atoms with E-state index < -0.39 is 0 Å². The van der Waals surface area contributed by atoms with Crippen molar-refractivity contribution in [2.45, 2.75) is 13.8 Å². The highest BCUT2D eigenvalue weighted by molar-refractivity contribution is 5.67. The Balaban J connectivity index is 2.53. The van der Waals surface area contributed by atoms with Crippen LogP contribution in [0, 0.1) is 19.9 Å². The predicted molar refractivity (Wildman–Crippen MR) is 60.2 cm³/mol. The highest BCUT2D eigenvalue weighted by Crippen LogP contribution is 2.23. The number of rotatable bonds is 1.